The summed E-state index contributed by atoms with van der Waals surface area (Å²) < 4.78 is 6.72. The number of pyridine rings is 1. The van der Waals surface area contributed by atoms with Gasteiger partial charge >= 0.3 is 0 Å². The smallest absolute Gasteiger partial charge is 0.251 e. The second kappa shape index (κ2) is 8.06. The summed E-state index contributed by atoms with van der Waals surface area (Å²) in [5.41, 5.74) is 2.01. The number of nitrogens with zero attached hydrogens (tertiary/aromatic N) is 3. The van der Waals surface area contributed by atoms with Gasteiger partial charge in [-0.15, -0.1) is 0 Å². The number of aryl methyl sites for hydroxylation is 3. The minimum atomic E-state index is -0.681. The van der Waals surface area contributed by atoms with Gasteiger partial charge in [0.1, 0.15) is 5.76 Å². The van der Waals surface area contributed by atoms with Crippen molar-refractivity contribution in [2.75, 3.05) is 13.1 Å². The number of rotatable bonds is 5. The summed E-state index contributed by atoms with van der Waals surface area (Å²) in [6.07, 6.45) is 1.56. The molecule has 0 saturated carbocycles. The zero-order valence-electron chi connectivity index (χ0n) is 15.9. The van der Waals surface area contributed by atoms with Crippen LogP contribution in [0.3, 0.4) is 0 Å². The molecule has 1 saturated heterocycles. The van der Waals surface area contributed by atoms with Crippen molar-refractivity contribution in [1.82, 2.24) is 19.9 Å². The zero-order valence-corrected chi connectivity index (χ0v) is 15.9. The first-order valence-corrected chi connectivity index (χ1v) is 9.22. The highest BCUT2D eigenvalue weighted by molar-refractivity contribution is 5.94. The molecule has 2 aromatic heterocycles. The Labute approximate surface area is 157 Å². The number of carbonyl (C=O) groups excluding carboxylic acids is 1. The van der Waals surface area contributed by atoms with E-state index in [9.17, 15) is 14.7 Å². The predicted octanol–water partition coefficient (Wildman–Crippen LogP) is 0.838. The van der Waals surface area contributed by atoms with Crippen LogP contribution in [0, 0.1) is 13.8 Å². The molecule has 0 radical (unpaired) electrons. The molecule has 1 aliphatic rings. The van der Waals surface area contributed by atoms with E-state index in [1.165, 1.54) is 10.6 Å². The van der Waals surface area contributed by atoms with Gasteiger partial charge in [-0.3, -0.25) is 14.5 Å². The van der Waals surface area contributed by atoms with Crippen LogP contribution < -0.4 is 10.9 Å². The molecule has 2 aromatic rings. The summed E-state index contributed by atoms with van der Waals surface area (Å²) in [6, 6.07) is 2.61. The Morgan fingerprint density at radius 2 is 2.22 bits per heavy atom. The van der Waals surface area contributed by atoms with Crippen LogP contribution in [0.2, 0.25) is 0 Å². The number of hydrogen-bond donors (Lipinski definition) is 2. The van der Waals surface area contributed by atoms with Gasteiger partial charge in [0, 0.05) is 49.6 Å². The molecule has 1 aliphatic heterocycles. The molecule has 1 fully saturated rings. The molecular weight excluding hydrogens is 348 g/mol. The molecule has 0 aromatic carbocycles. The van der Waals surface area contributed by atoms with E-state index in [1.54, 1.807) is 12.3 Å². The molecule has 3 heterocycles. The highest BCUT2D eigenvalue weighted by Crippen LogP contribution is 2.19. The number of β-amino-alcohol motifs (C(OH)–C–C–N with tert-alkyl or cyclic N) is 1. The van der Waals surface area contributed by atoms with Crippen LogP contribution in [-0.4, -0.2) is 50.9 Å². The molecule has 3 rings (SSSR count). The van der Waals surface area contributed by atoms with E-state index in [-0.39, 0.29) is 17.5 Å². The van der Waals surface area contributed by atoms with Crippen molar-refractivity contribution in [2.45, 2.75) is 52.4 Å². The van der Waals surface area contributed by atoms with Crippen molar-refractivity contribution < 1.29 is 14.4 Å². The summed E-state index contributed by atoms with van der Waals surface area (Å²) in [4.78, 5) is 26.5. The fraction of sp³-hybridized carbons (Fsp3) is 0.526. The number of aliphatic hydroxyl groups is 1. The van der Waals surface area contributed by atoms with Crippen LogP contribution in [0.15, 0.2) is 27.6 Å². The molecular formula is C19H26N4O4. The summed E-state index contributed by atoms with van der Waals surface area (Å²) in [6.45, 7) is 8.06. The van der Waals surface area contributed by atoms with Gasteiger partial charge in [0.2, 0.25) is 0 Å². The van der Waals surface area contributed by atoms with Gasteiger partial charge < -0.3 is 19.5 Å². The molecule has 0 spiro atoms. The molecule has 0 aliphatic carbocycles. The van der Waals surface area contributed by atoms with Crippen LogP contribution in [-0.2, 0) is 13.1 Å². The third kappa shape index (κ3) is 4.28. The van der Waals surface area contributed by atoms with Gasteiger partial charge in [-0.2, -0.15) is 0 Å². The van der Waals surface area contributed by atoms with Crippen LogP contribution in [0.4, 0.5) is 0 Å². The molecule has 2 atom stereocenters. The molecule has 27 heavy (non-hydrogen) atoms. The minimum Gasteiger partial charge on any atom is -0.390 e. The minimum absolute atomic E-state index is 0.208. The number of carbonyl (C=O) groups is 1. The lowest BCUT2D eigenvalue weighted by Crippen LogP contribution is -2.53. The second-order valence-corrected chi connectivity index (χ2v) is 7.01. The Morgan fingerprint density at radius 3 is 2.81 bits per heavy atom. The summed E-state index contributed by atoms with van der Waals surface area (Å²) in [5, 5.41) is 17.3. The van der Waals surface area contributed by atoms with E-state index in [1.807, 2.05) is 20.8 Å². The number of amides is 1. The van der Waals surface area contributed by atoms with Gasteiger partial charge in [0.05, 0.1) is 17.8 Å². The maximum atomic E-state index is 12.4. The maximum absolute atomic E-state index is 12.4. The Kier molecular flexibility index (Phi) is 5.76. The van der Waals surface area contributed by atoms with Gasteiger partial charge in [-0.05, 0) is 33.3 Å². The quantitative estimate of drug-likeness (QED) is 0.804. The Morgan fingerprint density at radius 1 is 1.44 bits per heavy atom. The van der Waals surface area contributed by atoms with Crippen molar-refractivity contribution in [3.63, 3.8) is 0 Å². The molecule has 8 heteroatoms. The van der Waals surface area contributed by atoms with Gasteiger partial charge in [0.25, 0.3) is 11.5 Å². The molecule has 1 amide bonds. The fourth-order valence-electron chi connectivity index (χ4n) is 3.42. The molecule has 0 bridgehead atoms. The highest BCUT2D eigenvalue weighted by atomic mass is 16.5. The number of likely N-dealkylation sites (tertiary alicyclic amines) is 1. The van der Waals surface area contributed by atoms with Crippen LogP contribution in [0.1, 0.15) is 40.7 Å². The van der Waals surface area contributed by atoms with E-state index in [4.69, 9.17) is 4.52 Å². The van der Waals surface area contributed by atoms with E-state index in [0.29, 0.717) is 31.6 Å². The first kappa shape index (κ1) is 19.3. The summed E-state index contributed by atoms with van der Waals surface area (Å²) >= 11 is 0. The Bertz CT molecular complexity index is 853. The first-order chi connectivity index (χ1) is 12.9. The SMILES string of the molecule is CCn1ccc(C(=O)N[C@@H]2CCN(Cc3c(C)noc3C)C[C@H]2O)cc1=O. The van der Waals surface area contributed by atoms with Crippen molar-refractivity contribution >= 4 is 5.91 Å². The van der Waals surface area contributed by atoms with E-state index in [2.05, 4.69) is 15.4 Å². The van der Waals surface area contributed by atoms with Crippen LogP contribution in [0.25, 0.3) is 0 Å². The highest BCUT2D eigenvalue weighted by Gasteiger charge is 2.30. The standard InChI is InChI=1S/C19H26N4O4/c1-4-23-8-5-14(9-18(23)25)19(26)20-16-6-7-22(11-17(16)24)10-15-12(2)21-27-13(15)3/h5,8-9,16-17,24H,4,6-7,10-11H2,1-3H3,(H,20,26)/t16-,17-/m1/s1. The van der Waals surface area contributed by atoms with Crippen LogP contribution in [0.5, 0.6) is 0 Å². The number of hydrogen-bond acceptors (Lipinski definition) is 6. The van der Waals surface area contributed by atoms with Crippen molar-refractivity contribution in [3.05, 3.63) is 51.3 Å². The summed E-state index contributed by atoms with van der Waals surface area (Å²) in [5.74, 6) is 0.456. The zero-order chi connectivity index (χ0) is 19.6. The lowest BCUT2D eigenvalue weighted by atomic mass is 10.0. The second-order valence-electron chi connectivity index (χ2n) is 7.01. The third-order valence-corrected chi connectivity index (χ3v) is 5.14. The van der Waals surface area contributed by atoms with Gasteiger partial charge in [-0.25, -0.2) is 0 Å². The van der Waals surface area contributed by atoms with Gasteiger partial charge in [0.15, 0.2) is 0 Å². The summed E-state index contributed by atoms with van der Waals surface area (Å²) in [7, 11) is 0. The largest absolute Gasteiger partial charge is 0.390 e. The maximum Gasteiger partial charge on any atom is 0.251 e. The number of aliphatic hydroxyl groups excluding tert-OH is 1. The third-order valence-electron chi connectivity index (χ3n) is 5.14. The normalized spacial score (nSPS) is 20.6. The number of nitrogens with one attached hydrogen (secondary N) is 1. The predicted molar refractivity (Wildman–Crippen MR) is 99.5 cm³/mol. The van der Waals surface area contributed by atoms with E-state index < -0.39 is 6.10 Å². The Balaban J connectivity index is 1.59. The van der Waals surface area contributed by atoms with Crippen molar-refractivity contribution in [1.29, 1.82) is 0 Å². The number of aromatic nitrogens is 2. The fourth-order valence-corrected chi connectivity index (χ4v) is 3.42. The Hall–Kier alpha value is -2.45. The van der Waals surface area contributed by atoms with E-state index >= 15 is 0 Å². The molecule has 146 valence electrons. The monoisotopic (exact) mass is 374 g/mol. The first-order valence-electron chi connectivity index (χ1n) is 9.22. The molecule has 2 N–H and O–H groups in total. The average molecular weight is 374 g/mol. The molecule has 8 nitrogen and oxygen atoms in total. The topological polar surface area (TPSA) is 101 Å². The lowest BCUT2D eigenvalue weighted by molar-refractivity contribution is 0.0347. The van der Waals surface area contributed by atoms with Crippen LogP contribution >= 0.6 is 0 Å². The van der Waals surface area contributed by atoms with E-state index in [0.717, 1.165) is 23.6 Å². The molecule has 0 unspecified atom stereocenters. The lowest BCUT2D eigenvalue weighted by Gasteiger charge is -2.36. The number of piperidine rings is 1. The van der Waals surface area contributed by atoms with Crippen molar-refractivity contribution in [2.24, 2.45) is 0 Å². The average Bonchev–Trinajstić information content (AvgIpc) is 2.95. The van der Waals surface area contributed by atoms with Gasteiger partial charge in [-0.1, -0.05) is 5.16 Å². The van der Waals surface area contributed by atoms with Crippen molar-refractivity contribution in [3.8, 4) is 0 Å².